The molecule has 0 saturated heterocycles. The van der Waals surface area contributed by atoms with E-state index < -0.39 is 17.5 Å². The Labute approximate surface area is 174 Å². The average molecular weight is 401 g/mol. The van der Waals surface area contributed by atoms with Gasteiger partial charge < -0.3 is 11.5 Å². The molecule has 0 fully saturated rings. The number of nitrogens with two attached hydrogens (primary N) is 2. The number of rotatable bonds is 7. The van der Waals surface area contributed by atoms with Gasteiger partial charge in [0.25, 0.3) is 0 Å². The Bertz CT molecular complexity index is 1120. The second kappa shape index (κ2) is 8.80. The van der Waals surface area contributed by atoms with Gasteiger partial charge in [0, 0.05) is 28.9 Å². The number of hydrogen-bond donors (Lipinski definition) is 2. The quantitative estimate of drug-likeness (QED) is 0.466. The summed E-state index contributed by atoms with van der Waals surface area (Å²) in [4.78, 5) is 40.8. The topological polar surface area (TPSA) is 116 Å². The molecule has 1 aromatic heterocycles. The van der Waals surface area contributed by atoms with Crippen LogP contribution in [0.1, 0.15) is 50.4 Å². The van der Waals surface area contributed by atoms with Crippen molar-refractivity contribution in [2.45, 2.75) is 19.8 Å². The molecule has 3 aromatic rings. The number of amides is 1. The van der Waals surface area contributed by atoms with Crippen molar-refractivity contribution in [3.8, 4) is 11.1 Å². The summed E-state index contributed by atoms with van der Waals surface area (Å²) in [6, 6.07) is 16.0. The highest BCUT2D eigenvalue weighted by Gasteiger charge is 2.21. The number of carbonyl (C=O) groups excluding carboxylic acids is 3. The molecule has 1 heterocycles. The second-order valence-corrected chi connectivity index (χ2v) is 7.16. The highest BCUT2D eigenvalue weighted by atomic mass is 16.2. The maximum Gasteiger partial charge on any atom is 0.248 e. The molecule has 1 atom stereocenters. The van der Waals surface area contributed by atoms with E-state index in [1.54, 1.807) is 42.6 Å². The summed E-state index contributed by atoms with van der Waals surface area (Å²) in [5.41, 5.74) is 15.3. The van der Waals surface area contributed by atoms with Crippen LogP contribution in [0.2, 0.25) is 0 Å². The zero-order valence-corrected chi connectivity index (χ0v) is 16.9. The van der Waals surface area contributed by atoms with Crippen molar-refractivity contribution in [3.05, 3.63) is 88.7 Å². The minimum absolute atomic E-state index is 0.0383. The van der Waals surface area contributed by atoms with Gasteiger partial charge in [-0.1, -0.05) is 37.3 Å². The smallest absolute Gasteiger partial charge is 0.248 e. The molecule has 30 heavy (non-hydrogen) atoms. The Hall–Kier alpha value is -3.64. The first-order valence-corrected chi connectivity index (χ1v) is 9.56. The highest BCUT2D eigenvalue weighted by molar-refractivity contribution is 6.45. The molecule has 6 nitrogen and oxygen atoms in total. The Morgan fingerprint density at radius 2 is 1.73 bits per heavy atom. The maximum atomic E-state index is 12.8. The van der Waals surface area contributed by atoms with Crippen molar-refractivity contribution < 1.29 is 14.4 Å². The number of aryl methyl sites for hydroxylation is 1. The van der Waals surface area contributed by atoms with Gasteiger partial charge in [-0.3, -0.25) is 19.4 Å². The average Bonchev–Trinajstić information content (AvgIpc) is 2.77. The molecule has 0 aliphatic carbocycles. The predicted octanol–water partition coefficient (Wildman–Crippen LogP) is 3.02. The van der Waals surface area contributed by atoms with E-state index in [-0.39, 0.29) is 18.0 Å². The zero-order chi connectivity index (χ0) is 21.8. The monoisotopic (exact) mass is 401 g/mol. The number of nitrogens with zero attached hydrogens (tertiary/aromatic N) is 1. The largest absolute Gasteiger partial charge is 0.366 e. The van der Waals surface area contributed by atoms with Gasteiger partial charge in [0.1, 0.15) is 0 Å². The van der Waals surface area contributed by atoms with Crippen LogP contribution in [0.3, 0.4) is 0 Å². The normalized spacial score (nSPS) is 11.7. The molecule has 1 unspecified atom stereocenters. The molecule has 0 spiro atoms. The molecule has 4 N–H and O–H groups in total. The number of Topliss-reactive ketones (excluding diaryl/α,β-unsaturated/α-hetero) is 2. The van der Waals surface area contributed by atoms with E-state index >= 15 is 0 Å². The zero-order valence-electron chi connectivity index (χ0n) is 16.9. The Balaban J connectivity index is 2.12. The van der Waals surface area contributed by atoms with Gasteiger partial charge in [-0.05, 0) is 53.4 Å². The van der Waals surface area contributed by atoms with Crippen LogP contribution >= 0.6 is 0 Å². The predicted molar refractivity (Wildman–Crippen MR) is 115 cm³/mol. The van der Waals surface area contributed by atoms with Crippen LogP contribution in [0.5, 0.6) is 0 Å². The molecule has 0 aliphatic heterocycles. The standard InChI is InChI=1S/C24H23N3O3/c1-14-6-7-19(13-27-14)15(2)16-8-9-20(21(11-16)23(29)22(28)12-25)17-4-3-5-18(10-17)24(26)30/h3-11,13,15H,12,25H2,1-2H3,(H2,26,30). The van der Waals surface area contributed by atoms with E-state index in [4.69, 9.17) is 11.5 Å². The molecule has 1 amide bonds. The summed E-state index contributed by atoms with van der Waals surface area (Å²) >= 11 is 0. The van der Waals surface area contributed by atoms with Crippen LogP contribution in [-0.4, -0.2) is 29.0 Å². The number of carbonyl (C=O) groups is 3. The van der Waals surface area contributed by atoms with E-state index in [1.807, 2.05) is 32.0 Å². The van der Waals surface area contributed by atoms with Gasteiger partial charge in [-0.25, -0.2) is 0 Å². The molecule has 0 saturated carbocycles. The van der Waals surface area contributed by atoms with Crippen LogP contribution in [0.15, 0.2) is 60.8 Å². The fourth-order valence-corrected chi connectivity index (χ4v) is 3.28. The van der Waals surface area contributed by atoms with Crippen molar-refractivity contribution >= 4 is 17.5 Å². The third kappa shape index (κ3) is 4.34. The molecule has 152 valence electrons. The highest BCUT2D eigenvalue weighted by Crippen LogP contribution is 2.31. The first-order chi connectivity index (χ1) is 14.3. The molecule has 2 aromatic carbocycles. The lowest BCUT2D eigenvalue weighted by Gasteiger charge is -2.16. The van der Waals surface area contributed by atoms with E-state index in [9.17, 15) is 14.4 Å². The first-order valence-electron chi connectivity index (χ1n) is 9.56. The lowest BCUT2D eigenvalue weighted by Crippen LogP contribution is -2.24. The summed E-state index contributed by atoms with van der Waals surface area (Å²) in [5.74, 6) is -1.94. The summed E-state index contributed by atoms with van der Waals surface area (Å²) in [6.07, 6.45) is 1.80. The number of aromatic nitrogens is 1. The Kier molecular flexibility index (Phi) is 6.18. The molecule has 0 radical (unpaired) electrons. The van der Waals surface area contributed by atoms with Gasteiger partial charge in [-0.15, -0.1) is 0 Å². The van der Waals surface area contributed by atoms with Crippen molar-refractivity contribution in [2.75, 3.05) is 6.54 Å². The van der Waals surface area contributed by atoms with Crippen molar-refractivity contribution in [3.63, 3.8) is 0 Å². The minimum atomic E-state index is -0.677. The van der Waals surface area contributed by atoms with Gasteiger partial charge in [0.05, 0.1) is 6.54 Å². The Morgan fingerprint density at radius 3 is 2.37 bits per heavy atom. The SMILES string of the molecule is Cc1ccc(C(C)c2ccc(-c3cccc(C(N)=O)c3)c(C(=O)C(=O)CN)c2)cn1. The number of primary amides is 1. The minimum Gasteiger partial charge on any atom is -0.366 e. The third-order valence-corrected chi connectivity index (χ3v) is 5.12. The third-order valence-electron chi connectivity index (χ3n) is 5.12. The van der Waals surface area contributed by atoms with Gasteiger partial charge in [0.2, 0.25) is 17.5 Å². The van der Waals surface area contributed by atoms with Crippen LogP contribution in [0.4, 0.5) is 0 Å². The number of pyridine rings is 1. The number of ketones is 2. The van der Waals surface area contributed by atoms with Crippen LogP contribution in [0.25, 0.3) is 11.1 Å². The summed E-state index contributed by atoms with van der Waals surface area (Å²) in [6.45, 7) is 3.55. The van der Waals surface area contributed by atoms with E-state index in [0.29, 0.717) is 16.7 Å². The van der Waals surface area contributed by atoms with Crippen molar-refractivity contribution in [2.24, 2.45) is 11.5 Å². The summed E-state index contributed by atoms with van der Waals surface area (Å²) < 4.78 is 0. The molecule has 0 aliphatic rings. The fraction of sp³-hybridized carbons (Fsp3) is 0.167. The van der Waals surface area contributed by atoms with Crippen molar-refractivity contribution in [1.82, 2.24) is 4.98 Å². The number of hydrogen-bond acceptors (Lipinski definition) is 5. The molecule has 6 heteroatoms. The number of benzene rings is 2. The van der Waals surface area contributed by atoms with Gasteiger partial charge in [-0.2, -0.15) is 0 Å². The molecular formula is C24H23N3O3. The van der Waals surface area contributed by atoms with Gasteiger partial charge in [0.15, 0.2) is 0 Å². The van der Waals surface area contributed by atoms with E-state index in [1.165, 1.54) is 0 Å². The van der Waals surface area contributed by atoms with Crippen LogP contribution in [0, 0.1) is 6.92 Å². The summed E-state index contributed by atoms with van der Waals surface area (Å²) in [7, 11) is 0. The van der Waals surface area contributed by atoms with Crippen LogP contribution < -0.4 is 11.5 Å². The lowest BCUT2D eigenvalue weighted by molar-refractivity contribution is -0.113. The van der Waals surface area contributed by atoms with Crippen LogP contribution in [-0.2, 0) is 4.79 Å². The van der Waals surface area contributed by atoms with E-state index in [0.717, 1.165) is 16.8 Å². The molecule has 3 rings (SSSR count). The van der Waals surface area contributed by atoms with E-state index in [2.05, 4.69) is 4.98 Å². The Morgan fingerprint density at radius 1 is 1.00 bits per heavy atom. The molecular weight excluding hydrogens is 378 g/mol. The van der Waals surface area contributed by atoms with Crippen molar-refractivity contribution in [1.29, 1.82) is 0 Å². The fourth-order valence-electron chi connectivity index (χ4n) is 3.28. The summed E-state index contributed by atoms with van der Waals surface area (Å²) in [5, 5.41) is 0. The first kappa shape index (κ1) is 21.1. The van der Waals surface area contributed by atoms with Gasteiger partial charge >= 0.3 is 0 Å². The maximum absolute atomic E-state index is 12.8. The molecule has 0 bridgehead atoms. The lowest BCUT2D eigenvalue weighted by atomic mass is 9.87. The second-order valence-electron chi connectivity index (χ2n) is 7.16.